The van der Waals surface area contributed by atoms with Crippen molar-refractivity contribution in [1.29, 1.82) is 0 Å². The molecule has 3 aromatic rings. The Morgan fingerprint density at radius 2 is 2.16 bits per heavy atom. The summed E-state index contributed by atoms with van der Waals surface area (Å²) in [4.78, 5) is 7.89. The Labute approximate surface area is 114 Å². The van der Waals surface area contributed by atoms with Crippen LogP contribution < -0.4 is 10.5 Å². The van der Waals surface area contributed by atoms with Crippen molar-refractivity contribution in [3.8, 4) is 11.6 Å². The van der Waals surface area contributed by atoms with Crippen molar-refractivity contribution in [3.63, 3.8) is 0 Å². The number of rotatable bonds is 2. The maximum atomic E-state index is 13.6. The number of fused-ring (bicyclic) bond motifs is 1. The van der Waals surface area contributed by atoms with Crippen LogP contribution in [0.15, 0.2) is 28.9 Å². The van der Waals surface area contributed by atoms with Crippen molar-refractivity contribution < 1.29 is 9.13 Å². The number of anilines is 1. The molecule has 0 saturated heterocycles. The van der Waals surface area contributed by atoms with E-state index in [4.69, 9.17) is 10.5 Å². The van der Waals surface area contributed by atoms with Crippen LogP contribution in [0.5, 0.6) is 11.6 Å². The zero-order chi connectivity index (χ0) is 13.4. The summed E-state index contributed by atoms with van der Waals surface area (Å²) in [7, 11) is 0. The van der Waals surface area contributed by atoms with Gasteiger partial charge in [-0.2, -0.15) is 15.1 Å². The highest BCUT2D eigenvalue weighted by Crippen LogP contribution is 2.30. The van der Waals surface area contributed by atoms with E-state index in [0.717, 1.165) is 0 Å². The molecular formula is C11H7BrFN5O. The third kappa shape index (κ3) is 2.22. The Morgan fingerprint density at radius 1 is 1.32 bits per heavy atom. The minimum absolute atomic E-state index is 0.0159. The number of nitrogen functional groups attached to an aromatic ring is 1. The minimum Gasteiger partial charge on any atom is -0.435 e. The summed E-state index contributed by atoms with van der Waals surface area (Å²) in [5.41, 5.74) is 5.98. The summed E-state index contributed by atoms with van der Waals surface area (Å²) in [5.74, 6) is -0.303. The van der Waals surface area contributed by atoms with Crippen molar-refractivity contribution in [1.82, 2.24) is 20.2 Å². The molecular weight excluding hydrogens is 317 g/mol. The maximum absolute atomic E-state index is 13.6. The molecule has 0 spiro atoms. The average Bonchev–Trinajstić information content (AvgIpc) is 2.82. The van der Waals surface area contributed by atoms with Crippen LogP contribution in [0, 0.1) is 5.82 Å². The molecule has 0 aliphatic carbocycles. The molecule has 0 saturated carbocycles. The topological polar surface area (TPSA) is 89.7 Å². The Hall–Kier alpha value is -2.22. The van der Waals surface area contributed by atoms with E-state index in [2.05, 4.69) is 36.1 Å². The number of ether oxygens (including phenoxy) is 1. The molecule has 0 radical (unpaired) electrons. The first-order valence-electron chi connectivity index (χ1n) is 5.23. The van der Waals surface area contributed by atoms with Gasteiger partial charge in [0.05, 0.1) is 6.20 Å². The van der Waals surface area contributed by atoms with E-state index < -0.39 is 5.82 Å². The van der Waals surface area contributed by atoms with Crippen LogP contribution in [0.3, 0.4) is 0 Å². The predicted octanol–water partition coefficient (Wildman–Crippen LogP) is 2.63. The zero-order valence-corrected chi connectivity index (χ0v) is 11.0. The van der Waals surface area contributed by atoms with Gasteiger partial charge in [0.2, 0.25) is 11.8 Å². The average molecular weight is 324 g/mol. The monoisotopic (exact) mass is 323 g/mol. The molecule has 8 heteroatoms. The second kappa shape index (κ2) is 4.47. The van der Waals surface area contributed by atoms with Gasteiger partial charge in [0.15, 0.2) is 17.2 Å². The quantitative estimate of drug-likeness (QED) is 0.756. The number of hydrogen-bond acceptors (Lipinski definition) is 5. The Kier molecular flexibility index (Phi) is 2.79. The van der Waals surface area contributed by atoms with Crippen molar-refractivity contribution in [2.24, 2.45) is 0 Å². The molecule has 0 amide bonds. The molecule has 0 atom stereocenters. The second-order valence-corrected chi connectivity index (χ2v) is 4.61. The molecule has 0 aliphatic heterocycles. The van der Waals surface area contributed by atoms with Gasteiger partial charge in [0.25, 0.3) is 0 Å². The number of aromatic amines is 1. The molecule has 19 heavy (non-hydrogen) atoms. The number of hydrogen-bond donors (Lipinski definition) is 2. The van der Waals surface area contributed by atoms with Gasteiger partial charge < -0.3 is 10.5 Å². The largest absolute Gasteiger partial charge is 0.435 e. The lowest BCUT2D eigenvalue weighted by Gasteiger charge is -2.07. The third-order valence-electron chi connectivity index (χ3n) is 2.39. The molecule has 0 unspecified atom stereocenters. The SMILES string of the molecule is Nc1nc(Oc2cc(Br)ccc2F)c2cn[nH]c2n1. The van der Waals surface area contributed by atoms with Gasteiger partial charge in [0, 0.05) is 4.47 Å². The lowest BCUT2D eigenvalue weighted by molar-refractivity contribution is 0.432. The number of nitrogens with one attached hydrogen (secondary N) is 1. The summed E-state index contributed by atoms with van der Waals surface area (Å²) in [5, 5.41) is 6.99. The molecule has 2 aromatic heterocycles. The van der Waals surface area contributed by atoms with Gasteiger partial charge in [-0.15, -0.1) is 0 Å². The van der Waals surface area contributed by atoms with Gasteiger partial charge in [-0.1, -0.05) is 15.9 Å². The lowest BCUT2D eigenvalue weighted by Crippen LogP contribution is -1.98. The highest BCUT2D eigenvalue weighted by atomic mass is 79.9. The van der Waals surface area contributed by atoms with E-state index in [1.165, 1.54) is 18.3 Å². The summed E-state index contributed by atoms with van der Waals surface area (Å²) < 4.78 is 19.8. The van der Waals surface area contributed by atoms with E-state index in [-0.39, 0.29) is 17.6 Å². The summed E-state index contributed by atoms with van der Waals surface area (Å²) in [6.45, 7) is 0. The highest BCUT2D eigenvalue weighted by Gasteiger charge is 2.12. The van der Waals surface area contributed by atoms with E-state index in [1.807, 2.05) is 0 Å². The van der Waals surface area contributed by atoms with Crippen molar-refractivity contribution in [3.05, 3.63) is 34.7 Å². The van der Waals surface area contributed by atoms with E-state index in [9.17, 15) is 4.39 Å². The number of aromatic nitrogens is 4. The Bertz CT molecular complexity index is 760. The van der Waals surface area contributed by atoms with Crippen LogP contribution in [0.25, 0.3) is 11.0 Å². The second-order valence-electron chi connectivity index (χ2n) is 3.70. The van der Waals surface area contributed by atoms with Gasteiger partial charge in [-0.25, -0.2) is 4.39 Å². The number of benzene rings is 1. The normalized spacial score (nSPS) is 10.8. The minimum atomic E-state index is -0.503. The smallest absolute Gasteiger partial charge is 0.235 e. The molecule has 3 N–H and O–H groups in total. The fourth-order valence-corrected chi connectivity index (χ4v) is 1.90. The van der Waals surface area contributed by atoms with Gasteiger partial charge in [0.1, 0.15) is 5.39 Å². The zero-order valence-electron chi connectivity index (χ0n) is 9.39. The van der Waals surface area contributed by atoms with Gasteiger partial charge in [-0.3, -0.25) is 5.10 Å². The molecule has 6 nitrogen and oxygen atoms in total. The number of H-pyrrole nitrogens is 1. The number of nitrogens with zero attached hydrogens (tertiary/aromatic N) is 3. The van der Waals surface area contributed by atoms with Crippen LogP contribution in [0.2, 0.25) is 0 Å². The van der Waals surface area contributed by atoms with E-state index in [0.29, 0.717) is 15.5 Å². The molecule has 2 heterocycles. The highest BCUT2D eigenvalue weighted by molar-refractivity contribution is 9.10. The van der Waals surface area contributed by atoms with Gasteiger partial charge >= 0.3 is 0 Å². The summed E-state index contributed by atoms with van der Waals surface area (Å²) in [6.07, 6.45) is 1.49. The van der Waals surface area contributed by atoms with Crippen LogP contribution in [0.1, 0.15) is 0 Å². The Morgan fingerprint density at radius 3 is 3.00 bits per heavy atom. The first-order valence-corrected chi connectivity index (χ1v) is 6.02. The first-order chi connectivity index (χ1) is 9.13. The maximum Gasteiger partial charge on any atom is 0.235 e. The first kappa shape index (κ1) is 11.8. The van der Waals surface area contributed by atoms with Crippen molar-refractivity contribution >= 4 is 32.9 Å². The Balaban J connectivity index is 2.10. The molecule has 0 fully saturated rings. The standard InChI is InChI=1S/C11H7BrFN5O/c12-5-1-2-7(13)8(3-5)19-10-6-4-15-18-9(6)16-11(14)17-10/h1-4H,(H3,14,15,16,17,18). The van der Waals surface area contributed by atoms with Crippen LogP contribution in [-0.2, 0) is 0 Å². The van der Waals surface area contributed by atoms with E-state index in [1.54, 1.807) is 6.07 Å². The van der Waals surface area contributed by atoms with Crippen molar-refractivity contribution in [2.45, 2.75) is 0 Å². The predicted molar refractivity (Wildman–Crippen MR) is 70.3 cm³/mol. The van der Waals surface area contributed by atoms with Crippen LogP contribution >= 0.6 is 15.9 Å². The molecule has 0 bridgehead atoms. The lowest BCUT2D eigenvalue weighted by atomic mass is 10.3. The third-order valence-corrected chi connectivity index (χ3v) is 2.89. The van der Waals surface area contributed by atoms with Crippen LogP contribution in [0.4, 0.5) is 10.3 Å². The molecule has 1 aromatic carbocycles. The molecule has 96 valence electrons. The van der Waals surface area contributed by atoms with E-state index >= 15 is 0 Å². The fourth-order valence-electron chi connectivity index (χ4n) is 1.56. The number of nitrogens with two attached hydrogens (primary N) is 1. The van der Waals surface area contributed by atoms with Crippen LogP contribution in [-0.4, -0.2) is 20.2 Å². The molecule has 0 aliphatic rings. The van der Waals surface area contributed by atoms with Crippen molar-refractivity contribution in [2.75, 3.05) is 5.73 Å². The summed E-state index contributed by atoms with van der Waals surface area (Å²) >= 11 is 3.24. The van der Waals surface area contributed by atoms with Gasteiger partial charge in [-0.05, 0) is 18.2 Å². The fraction of sp³-hybridized carbons (Fsp3) is 0. The summed E-state index contributed by atoms with van der Waals surface area (Å²) in [6, 6.07) is 4.36. The molecule has 3 rings (SSSR count). The number of halogens is 2.